The van der Waals surface area contributed by atoms with Crippen molar-refractivity contribution in [1.82, 2.24) is 20.8 Å². The minimum absolute atomic E-state index is 0.219. The molecule has 2 aromatic rings. The van der Waals surface area contributed by atoms with E-state index in [0.717, 1.165) is 43.5 Å². The number of hydrogen-bond donors (Lipinski definition) is 3. The van der Waals surface area contributed by atoms with Crippen molar-refractivity contribution in [2.75, 3.05) is 6.54 Å². The Kier molecular flexibility index (Phi) is 6.06. The molecule has 0 saturated heterocycles. The van der Waals surface area contributed by atoms with Crippen LogP contribution in [0, 0.1) is 6.92 Å². The van der Waals surface area contributed by atoms with Crippen molar-refractivity contribution < 1.29 is 9.53 Å². The molecule has 3 N–H and O–H groups in total. The Labute approximate surface area is 148 Å². The van der Waals surface area contributed by atoms with Gasteiger partial charge in [-0.1, -0.05) is 30.3 Å². The number of aryl methyl sites for hydroxylation is 2. The summed E-state index contributed by atoms with van der Waals surface area (Å²) in [5.41, 5.74) is 3.44. The predicted molar refractivity (Wildman–Crippen MR) is 96.2 cm³/mol. The molecule has 0 bridgehead atoms. The van der Waals surface area contributed by atoms with E-state index in [2.05, 4.69) is 27.8 Å². The largest absolute Gasteiger partial charge is 0.445 e. The number of amides is 1. The Bertz CT molecular complexity index is 665. The molecule has 1 amide bonds. The van der Waals surface area contributed by atoms with Gasteiger partial charge >= 0.3 is 6.09 Å². The summed E-state index contributed by atoms with van der Waals surface area (Å²) in [6.45, 7) is 3.35. The highest BCUT2D eigenvalue weighted by Gasteiger charge is 2.30. The minimum atomic E-state index is -0.331. The Morgan fingerprint density at radius 1 is 1.28 bits per heavy atom. The monoisotopic (exact) mass is 342 g/mol. The number of aromatic nitrogens is 2. The fourth-order valence-corrected chi connectivity index (χ4v) is 3.05. The highest BCUT2D eigenvalue weighted by atomic mass is 16.5. The van der Waals surface area contributed by atoms with Crippen LogP contribution in [0.5, 0.6) is 0 Å². The van der Waals surface area contributed by atoms with Crippen molar-refractivity contribution in [3.05, 3.63) is 53.3 Å². The van der Waals surface area contributed by atoms with Gasteiger partial charge < -0.3 is 15.4 Å². The van der Waals surface area contributed by atoms with Crippen LogP contribution in [-0.2, 0) is 17.8 Å². The van der Waals surface area contributed by atoms with Crippen LogP contribution >= 0.6 is 0 Å². The molecule has 3 rings (SSSR count). The van der Waals surface area contributed by atoms with Gasteiger partial charge in [0.25, 0.3) is 0 Å². The van der Waals surface area contributed by atoms with Crippen LogP contribution < -0.4 is 10.6 Å². The fraction of sp³-hybridized carbons (Fsp3) is 0.474. The van der Waals surface area contributed by atoms with Crippen molar-refractivity contribution in [2.45, 2.75) is 51.3 Å². The first-order valence-electron chi connectivity index (χ1n) is 8.90. The lowest BCUT2D eigenvalue weighted by Gasteiger charge is -2.36. The van der Waals surface area contributed by atoms with Crippen LogP contribution in [0.2, 0.25) is 0 Å². The summed E-state index contributed by atoms with van der Waals surface area (Å²) in [5.74, 6) is 0. The number of alkyl carbamates (subject to hydrolysis) is 1. The zero-order valence-electron chi connectivity index (χ0n) is 14.6. The second-order valence-corrected chi connectivity index (χ2v) is 6.65. The Morgan fingerprint density at radius 2 is 2.08 bits per heavy atom. The molecule has 0 atom stereocenters. The number of nitrogens with zero attached hydrogens (tertiary/aromatic N) is 1. The van der Waals surface area contributed by atoms with Gasteiger partial charge in [0.2, 0.25) is 0 Å². The Morgan fingerprint density at radius 3 is 2.80 bits per heavy atom. The standard InChI is InChI=1S/C19H26N4O2/c1-14-16(12-21-23-14)8-5-9-20-17-10-18(11-17)22-19(24)25-13-15-6-3-2-4-7-15/h2-4,6-7,12,17-18,20H,5,8-11,13H2,1H3,(H,21,23)(H,22,24). The van der Waals surface area contributed by atoms with Gasteiger partial charge in [0, 0.05) is 17.8 Å². The molecule has 6 nitrogen and oxygen atoms in total. The molecule has 25 heavy (non-hydrogen) atoms. The van der Waals surface area contributed by atoms with E-state index in [9.17, 15) is 4.79 Å². The number of carbonyl (C=O) groups excluding carboxylic acids is 1. The molecule has 1 fully saturated rings. The average Bonchev–Trinajstić information content (AvgIpc) is 3.00. The zero-order valence-corrected chi connectivity index (χ0v) is 14.6. The Balaban J connectivity index is 1.23. The van der Waals surface area contributed by atoms with E-state index in [1.807, 2.05) is 36.5 Å². The number of aromatic amines is 1. The summed E-state index contributed by atoms with van der Waals surface area (Å²) in [6, 6.07) is 10.4. The van der Waals surface area contributed by atoms with Crippen LogP contribution in [0.4, 0.5) is 4.79 Å². The van der Waals surface area contributed by atoms with E-state index in [1.165, 1.54) is 5.56 Å². The van der Waals surface area contributed by atoms with E-state index in [4.69, 9.17) is 4.74 Å². The lowest BCUT2D eigenvalue weighted by Crippen LogP contribution is -2.52. The summed E-state index contributed by atoms with van der Waals surface area (Å²) >= 11 is 0. The van der Waals surface area contributed by atoms with E-state index >= 15 is 0 Å². The number of carbonyl (C=O) groups is 1. The summed E-state index contributed by atoms with van der Waals surface area (Å²) in [4.78, 5) is 11.8. The summed E-state index contributed by atoms with van der Waals surface area (Å²) in [7, 11) is 0. The molecular weight excluding hydrogens is 316 g/mol. The molecule has 0 aliphatic heterocycles. The molecule has 1 heterocycles. The third kappa shape index (κ3) is 5.32. The molecular formula is C19H26N4O2. The maximum atomic E-state index is 11.8. The molecule has 0 unspecified atom stereocenters. The fourth-order valence-electron chi connectivity index (χ4n) is 3.05. The number of hydrogen-bond acceptors (Lipinski definition) is 4. The third-order valence-corrected chi connectivity index (χ3v) is 4.66. The topological polar surface area (TPSA) is 79.0 Å². The van der Waals surface area contributed by atoms with Gasteiger partial charge in [0.1, 0.15) is 6.61 Å². The molecule has 1 saturated carbocycles. The first-order valence-corrected chi connectivity index (χ1v) is 8.90. The summed E-state index contributed by atoms with van der Waals surface area (Å²) in [6.07, 6.45) is 5.63. The lowest BCUT2D eigenvalue weighted by molar-refractivity contribution is 0.125. The van der Waals surface area contributed by atoms with E-state index in [-0.39, 0.29) is 12.1 Å². The average molecular weight is 342 g/mol. The number of benzene rings is 1. The highest BCUT2D eigenvalue weighted by molar-refractivity contribution is 5.67. The first kappa shape index (κ1) is 17.5. The van der Waals surface area contributed by atoms with Crippen molar-refractivity contribution in [1.29, 1.82) is 0 Å². The van der Waals surface area contributed by atoms with Gasteiger partial charge in [0.05, 0.1) is 6.20 Å². The molecule has 1 aliphatic carbocycles. The van der Waals surface area contributed by atoms with Crippen molar-refractivity contribution in [3.63, 3.8) is 0 Å². The van der Waals surface area contributed by atoms with Crippen LogP contribution in [0.15, 0.2) is 36.5 Å². The van der Waals surface area contributed by atoms with Gasteiger partial charge in [-0.15, -0.1) is 0 Å². The molecule has 1 aromatic carbocycles. The third-order valence-electron chi connectivity index (χ3n) is 4.66. The Hall–Kier alpha value is -2.34. The van der Waals surface area contributed by atoms with Gasteiger partial charge in [-0.25, -0.2) is 4.79 Å². The van der Waals surface area contributed by atoms with Crippen LogP contribution in [0.3, 0.4) is 0 Å². The SMILES string of the molecule is Cc1[nH]ncc1CCCNC1CC(NC(=O)OCc2ccccc2)C1. The van der Waals surface area contributed by atoms with Gasteiger partial charge in [0.15, 0.2) is 0 Å². The maximum absolute atomic E-state index is 11.8. The number of rotatable bonds is 8. The normalized spacial score (nSPS) is 19.2. The van der Waals surface area contributed by atoms with E-state index in [1.54, 1.807) is 0 Å². The molecule has 1 aliphatic rings. The quantitative estimate of drug-likeness (QED) is 0.645. The van der Waals surface area contributed by atoms with Crippen molar-refractivity contribution in [2.24, 2.45) is 0 Å². The number of H-pyrrole nitrogens is 1. The van der Waals surface area contributed by atoms with Crippen LogP contribution in [0.25, 0.3) is 0 Å². The maximum Gasteiger partial charge on any atom is 0.407 e. The molecule has 6 heteroatoms. The molecule has 0 spiro atoms. The molecule has 0 radical (unpaired) electrons. The number of nitrogens with one attached hydrogen (secondary N) is 3. The van der Waals surface area contributed by atoms with Crippen LogP contribution in [0.1, 0.15) is 36.1 Å². The molecule has 1 aromatic heterocycles. The van der Waals surface area contributed by atoms with Gasteiger partial charge in [-0.2, -0.15) is 5.10 Å². The molecule has 134 valence electrons. The zero-order chi connectivity index (χ0) is 17.5. The predicted octanol–water partition coefficient (Wildman–Crippen LogP) is 2.70. The minimum Gasteiger partial charge on any atom is -0.445 e. The van der Waals surface area contributed by atoms with Crippen molar-refractivity contribution in [3.8, 4) is 0 Å². The second kappa shape index (κ2) is 8.67. The highest BCUT2D eigenvalue weighted by Crippen LogP contribution is 2.20. The van der Waals surface area contributed by atoms with Gasteiger partial charge in [-0.05, 0) is 50.3 Å². The second-order valence-electron chi connectivity index (χ2n) is 6.65. The first-order chi connectivity index (χ1) is 12.2. The van der Waals surface area contributed by atoms with E-state index in [0.29, 0.717) is 12.6 Å². The van der Waals surface area contributed by atoms with Gasteiger partial charge in [-0.3, -0.25) is 5.10 Å². The van der Waals surface area contributed by atoms with Crippen LogP contribution in [-0.4, -0.2) is 34.9 Å². The smallest absolute Gasteiger partial charge is 0.407 e. The number of ether oxygens (including phenoxy) is 1. The lowest BCUT2D eigenvalue weighted by atomic mass is 9.87. The van der Waals surface area contributed by atoms with Crippen molar-refractivity contribution >= 4 is 6.09 Å². The van der Waals surface area contributed by atoms with E-state index < -0.39 is 0 Å². The summed E-state index contributed by atoms with van der Waals surface area (Å²) < 4.78 is 5.24. The summed E-state index contributed by atoms with van der Waals surface area (Å²) in [5, 5.41) is 13.5.